The Hall–Kier alpha value is -2.18. The largest absolute Gasteiger partial charge is 0.503 e. The van der Waals surface area contributed by atoms with E-state index in [4.69, 9.17) is 5.11 Å². The van der Waals surface area contributed by atoms with Crippen molar-refractivity contribution >= 4 is 11.8 Å². The second-order valence-electron chi connectivity index (χ2n) is 4.76. The lowest BCUT2D eigenvalue weighted by molar-refractivity contribution is -0.121. The Morgan fingerprint density at radius 1 is 1.40 bits per heavy atom. The highest BCUT2D eigenvalue weighted by molar-refractivity contribution is 5.97. The van der Waals surface area contributed by atoms with E-state index < -0.39 is 28.9 Å². The van der Waals surface area contributed by atoms with Crippen LogP contribution in [0, 0.1) is 11.6 Å². The Morgan fingerprint density at radius 2 is 2.05 bits per heavy atom. The molecule has 0 heterocycles. The number of halogens is 2. The number of rotatable bonds is 4. The normalized spacial score (nSPS) is 13.9. The molecule has 0 saturated heterocycles. The zero-order valence-electron chi connectivity index (χ0n) is 10.8. The third-order valence-corrected chi connectivity index (χ3v) is 2.97. The second kappa shape index (κ2) is 5.44. The van der Waals surface area contributed by atoms with E-state index in [0.29, 0.717) is 0 Å². The molecule has 1 aromatic rings. The summed E-state index contributed by atoms with van der Waals surface area (Å²) in [4.78, 5) is 24.5. The quantitative estimate of drug-likeness (QED) is 0.867. The molecule has 1 fully saturated rings. The molecule has 0 bridgehead atoms. The molecule has 0 radical (unpaired) electrons. The fourth-order valence-corrected chi connectivity index (χ4v) is 1.70. The van der Waals surface area contributed by atoms with Crippen LogP contribution < -0.4 is 5.32 Å². The second-order valence-corrected chi connectivity index (χ2v) is 4.76. The molecular weight excluding hydrogens is 270 g/mol. The van der Waals surface area contributed by atoms with Gasteiger partial charge in [0.2, 0.25) is 5.91 Å². The maximum Gasteiger partial charge on any atom is 0.257 e. The molecule has 2 rings (SSSR count). The maximum absolute atomic E-state index is 13.6. The molecule has 0 unspecified atom stereocenters. The molecule has 7 heteroatoms. The Bertz CT molecular complexity index is 559. The first kappa shape index (κ1) is 14.2. The van der Waals surface area contributed by atoms with Crippen molar-refractivity contribution in [2.45, 2.75) is 18.9 Å². The van der Waals surface area contributed by atoms with Gasteiger partial charge in [0.15, 0.2) is 17.4 Å². The first-order chi connectivity index (χ1) is 9.40. The van der Waals surface area contributed by atoms with E-state index in [0.717, 1.165) is 29.9 Å². The van der Waals surface area contributed by atoms with E-state index >= 15 is 0 Å². The van der Waals surface area contributed by atoms with Crippen LogP contribution in [0.2, 0.25) is 0 Å². The average Bonchev–Trinajstić information content (AvgIpc) is 3.19. The number of hydrogen-bond donors (Lipinski definition) is 2. The number of benzene rings is 1. The first-order valence-electron chi connectivity index (χ1n) is 6.12. The summed E-state index contributed by atoms with van der Waals surface area (Å²) in [6, 6.07) is 1.89. The van der Waals surface area contributed by atoms with Gasteiger partial charge in [0.05, 0.1) is 12.1 Å². The van der Waals surface area contributed by atoms with E-state index in [-0.39, 0.29) is 18.5 Å². The minimum absolute atomic E-state index is 0.164. The van der Waals surface area contributed by atoms with Crippen molar-refractivity contribution in [1.29, 1.82) is 0 Å². The van der Waals surface area contributed by atoms with Crippen LogP contribution in [0.4, 0.5) is 8.78 Å². The predicted octanol–water partition coefficient (Wildman–Crippen LogP) is 1.02. The summed E-state index contributed by atoms with van der Waals surface area (Å²) >= 11 is 0. The van der Waals surface area contributed by atoms with Crippen molar-refractivity contribution in [2.24, 2.45) is 0 Å². The summed E-state index contributed by atoms with van der Waals surface area (Å²) in [7, 11) is 1.33. The number of amides is 2. The number of nitrogens with one attached hydrogen (secondary N) is 1. The molecule has 1 saturated carbocycles. The summed E-state index contributed by atoms with van der Waals surface area (Å²) in [5.41, 5.74) is -0.481. The van der Waals surface area contributed by atoms with Gasteiger partial charge in [-0.05, 0) is 25.0 Å². The first-order valence-corrected chi connectivity index (χ1v) is 6.12. The standard InChI is InChI=1S/C13H14F2N2O3/c1-17(6-10(18)16-7-2-3-7)13(20)8-4-5-9(14)12(19)11(8)15/h4-5,7,19H,2-3,6H2,1H3,(H,16,18). The molecule has 0 spiro atoms. The van der Waals surface area contributed by atoms with E-state index in [9.17, 15) is 18.4 Å². The van der Waals surface area contributed by atoms with Gasteiger partial charge in [0.1, 0.15) is 0 Å². The number of hydrogen-bond acceptors (Lipinski definition) is 3. The highest BCUT2D eigenvalue weighted by atomic mass is 19.1. The third kappa shape index (κ3) is 3.04. The lowest BCUT2D eigenvalue weighted by Gasteiger charge is -2.17. The van der Waals surface area contributed by atoms with Crippen molar-refractivity contribution in [3.8, 4) is 5.75 Å². The molecule has 2 N–H and O–H groups in total. The van der Waals surface area contributed by atoms with E-state index in [1.54, 1.807) is 0 Å². The summed E-state index contributed by atoms with van der Waals surface area (Å²) < 4.78 is 26.5. The van der Waals surface area contributed by atoms with E-state index in [2.05, 4.69) is 5.32 Å². The third-order valence-electron chi connectivity index (χ3n) is 2.97. The minimum atomic E-state index is -1.33. The molecular formula is C13H14F2N2O3. The Kier molecular flexibility index (Phi) is 3.87. The number of phenolic OH excluding ortho intramolecular Hbond substituents is 1. The molecule has 0 atom stereocenters. The van der Waals surface area contributed by atoms with Gasteiger partial charge in [-0.1, -0.05) is 0 Å². The smallest absolute Gasteiger partial charge is 0.257 e. The molecule has 0 aromatic heterocycles. The summed E-state index contributed by atoms with van der Waals surface area (Å²) in [6.45, 7) is -0.229. The van der Waals surface area contributed by atoms with Crippen LogP contribution in [0.1, 0.15) is 23.2 Å². The molecule has 2 amide bonds. The topological polar surface area (TPSA) is 69.6 Å². The van der Waals surface area contributed by atoms with Gasteiger partial charge in [0, 0.05) is 13.1 Å². The van der Waals surface area contributed by atoms with Crippen molar-refractivity contribution in [1.82, 2.24) is 10.2 Å². The van der Waals surface area contributed by atoms with Crippen LogP contribution in [-0.4, -0.2) is 41.5 Å². The Morgan fingerprint density at radius 3 is 2.65 bits per heavy atom. The van der Waals surface area contributed by atoms with Gasteiger partial charge < -0.3 is 15.3 Å². The van der Waals surface area contributed by atoms with Gasteiger partial charge in [-0.25, -0.2) is 8.78 Å². The molecule has 0 aliphatic heterocycles. The van der Waals surface area contributed by atoms with Crippen LogP contribution in [0.25, 0.3) is 0 Å². The fraction of sp³-hybridized carbons (Fsp3) is 0.385. The number of aromatic hydroxyl groups is 1. The number of carbonyl (C=O) groups excluding carboxylic acids is 2. The highest BCUT2D eigenvalue weighted by Gasteiger charge is 2.26. The molecule has 5 nitrogen and oxygen atoms in total. The van der Waals surface area contributed by atoms with Crippen molar-refractivity contribution in [2.75, 3.05) is 13.6 Å². The number of carbonyl (C=O) groups is 2. The van der Waals surface area contributed by atoms with Gasteiger partial charge in [-0.15, -0.1) is 0 Å². The van der Waals surface area contributed by atoms with E-state index in [1.165, 1.54) is 7.05 Å². The van der Waals surface area contributed by atoms with Crippen LogP contribution in [0.3, 0.4) is 0 Å². The molecule has 108 valence electrons. The molecule has 1 aliphatic rings. The average molecular weight is 284 g/mol. The number of likely N-dealkylation sites (N-methyl/N-ethyl adjacent to an activating group) is 1. The predicted molar refractivity (Wildman–Crippen MR) is 66.1 cm³/mol. The van der Waals surface area contributed by atoms with Gasteiger partial charge >= 0.3 is 0 Å². The van der Waals surface area contributed by atoms with Crippen molar-refractivity contribution in [3.63, 3.8) is 0 Å². The lowest BCUT2D eigenvalue weighted by Crippen LogP contribution is -2.39. The zero-order valence-corrected chi connectivity index (χ0v) is 10.8. The summed E-state index contributed by atoms with van der Waals surface area (Å²) in [6.07, 6.45) is 1.84. The SMILES string of the molecule is CN(CC(=O)NC1CC1)C(=O)c1ccc(F)c(O)c1F. The lowest BCUT2D eigenvalue weighted by atomic mass is 10.1. The van der Waals surface area contributed by atoms with Gasteiger partial charge in [0.25, 0.3) is 5.91 Å². The Labute approximate surface area is 114 Å². The highest BCUT2D eigenvalue weighted by Crippen LogP contribution is 2.23. The number of phenols is 1. The fourth-order valence-electron chi connectivity index (χ4n) is 1.70. The maximum atomic E-state index is 13.6. The van der Waals surface area contributed by atoms with Crippen LogP contribution in [-0.2, 0) is 4.79 Å². The van der Waals surface area contributed by atoms with Gasteiger partial charge in [-0.2, -0.15) is 0 Å². The summed E-state index contributed by atoms with van der Waals surface area (Å²) in [5.74, 6) is -4.82. The molecule has 1 aliphatic carbocycles. The van der Waals surface area contributed by atoms with Crippen molar-refractivity contribution in [3.05, 3.63) is 29.3 Å². The molecule has 20 heavy (non-hydrogen) atoms. The summed E-state index contributed by atoms with van der Waals surface area (Å²) in [5, 5.41) is 11.8. The van der Waals surface area contributed by atoms with Crippen LogP contribution >= 0.6 is 0 Å². The zero-order chi connectivity index (χ0) is 14.9. The van der Waals surface area contributed by atoms with Crippen LogP contribution in [0.15, 0.2) is 12.1 Å². The molecule has 1 aromatic carbocycles. The monoisotopic (exact) mass is 284 g/mol. The Balaban J connectivity index is 2.06. The minimum Gasteiger partial charge on any atom is -0.503 e. The van der Waals surface area contributed by atoms with Crippen LogP contribution in [0.5, 0.6) is 5.75 Å². The van der Waals surface area contributed by atoms with E-state index in [1.807, 2.05) is 0 Å². The number of nitrogens with zero attached hydrogens (tertiary/aromatic N) is 1. The van der Waals surface area contributed by atoms with Gasteiger partial charge in [-0.3, -0.25) is 9.59 Å². The van der Waals surface area contributed by atoms with Crippen molar-refractivity contribution < 1.29 is 23.5 Å².